The highest BCUT2D eigenvalue weighted by molar-refractivity contribution is 5.39. The van der Waals surface area contributed by atoms with Crippen molar-refractivity contribution in [3.8, 4) is 0 Å². The molecule has 1 aliphatic rings. The van der Waals surface area contributed by atoms with E-state index in [2.05, 4.69) is 66.9 Å². The van der Waals surface area contributed by atoms with E-state index in [-0.39, 0.29) is 0 Å². The van der Waals surface area contributed by atoms with Crippen LogP contribution in [0.3, 0.4) is 0 Å². The van der Waals surface area contributed by atoms with Crippen LogP contribution in [0.25, 0.3) is 0 Å². The van der Waals surface area contributed by atoms with Crippen LogP contribution < -0.4 is 0 Å². The number of aryl methyl sites for hydroxylation is 2. The van der Waals surface area contributed by atoms with Gasteiger partial charge in [-0.1, -0.05) is 36.8 Å². The fourth-order valence-corrected chi connectivity index (χ4v) is 3.06. The van der Waals surface area contributed by atoms with Crippen molar-refractivity contribution < 1.29 is 0 Å². The minimum Gasteiger partial charge on any atom is -0.353 e. The summed E-state index contributed by atoms with van der Waals surface area (Å²) >= 11 is 0. The average Bonchev–Trinajstić information content (AvgIpc) is 2.80. The van der Waals surface area contributed by atoms with E-state index < -0.39 is 0 Å². The van der Waals surface area contributed by atoms with Gasteiger partial charge < -0.3 is 4.57 Å². The van der Waals surface area contributed by atoms with Gasteiger partial charge in [0.15, 0.2) is 0 Å². The number of hydrogen-bond acceptors (Lipinski definition) is 1. The van der Waals surface area contributed by atoms with Crippen molar-refractivity contribution in [3.63, 3.8) is 0 Å². The summed E-state index contributed by atoms with van der Waals surface area (Å²) in [5, 5.41) is 0. The number of aromatic nitrogens is 1. The zero-order valence-electron chi connectivity index (χ0n) is 12.1. The third-order valence-corrected chi connectivity index (χ3v) is 4.35. The monoisotopic (exact) mass is 254 g/mol. The number of benzene rings is 1. The van der Waals surface area contributed by atoms with E-state index in [4.69, 9.17) is 0 Å². The Balaban J connectivity index is 2.02. The molecule has 1 aromatic carbocycles. The van der Waals surface area contributed by atoms with Gasteiger partial charge in [0.1, 0.15) is 0 Å². The molecule has 0 spiro atoms. The van der Waals surface area contributed by atoms with Gasteiger partial charge in [0.25, 0.3) is 0 Å². The summed E-state index contributed by atoms with van der Waals surface area (Å²) in [4.78, 5) is 2.53. The topological polar surface area (TPSA) is 8.17 Å². The lowest BCUT2D eigenvalue weighted by atomic mass is 9.87. The van der Waals surface area contributed by atoms with Gasteiger partial charge in [-0.25, -0.2) is 0 Å². The number of hydrogen-bond donors (Lipinski definition) is 0. The van der Waals surface area contributed by atoms with Crippen LogP contribution in [0.1, 0.15) is 35.2 Å². The molecule has 1 atom stereocenters. The first-order chi connectivity index (χ1) is 9.19. The molecule has 3 rings (SSSR count). The molecule has 2 nitrogen and oxygen atoms in total. The summed E-state index contributed by atoms with van der Waals surface area (Å²) in [5.41, 5.74) is 5.76. The maximum Gasteiger partial charge on any atom is 0.0390 e. The van der Waals surface area contributed by atoms with Gasteiger partial charge in [-0.15, -0.1) is 0 Å². The van der Waals surface area contributed by atoms with Crippen LogP contribution in [0.15, 0.2) is 36.5 Å². The molecule has 2 heterocycles. The summed E-state index contributed by atoms with van der Waals surface area (Å²) < 4.78 is 2.28. The van der Waals surface area contributed by atoms with E-state index >= 15 is 0 Å². The van der Waals surface area contributed by atoms with E-state index in [0.717, 1.165) is 19.6 Å². The molecule has 0 radical (unpaired) electrons. The van der Waals surface area contributed by atoms with Crippen molar-refractivity contribution in [3.05, 3.63) is 58.9 Å². The second-order valence-electron chi connectivity index (χ2n) is 5.62. The van der Waals surface area contributed by atoms with Crippen LogP contribution in [-0.4, -0.2) is 22.6 Å². The van der Waals surface area contributed by atoms with E-state index in [1.54, 1.807) is 0 Å². The summed E-state index contributed by atoms with van der Waals surface area (Å²) in [5.74, 6) is 0.519. The molecular formula is C17H22N2. The first kappa shape index (κ1) is 12.5. The van der Waals surface area contributed by atoms with E-state index in [1.807, 2.05) is 0 Å². The molecule has 100 valence electrons. The molecule has 0 N–H and O–H groups in total. The standard InChI is InChI=1S/C17H22N2/c1-4-19-11-16(14-7-5-13(2)6-8-14)15-9-10-18(3)17(15)12-19/h5-10,16H,4,11-12H2,1-3H3. The number of rotatable bonds is 2. The molecule has 0 saturated carbocycles. The van der Waals surface area contributed by atoms with Gasteiger partial charge in [0.05, 0.1) is 0 Å². The predicted molar refractivity (Wildman–Crippen MR) is 79.4 cm³/mol. The first-order valence-corrected chi connectivity index (χ1v) is 7.12. The second kappa shape index (κ2) is 4.86. The zero-order valence-corrected chi connectivity index (χ0v) is 12.1. The molecular weight excluding hydrogens is 232 g/mol. The fourth-order valence-electron chi connectivity index (χ4n) is 3.06. The summed E-state index contributed by atoms with van der Waals surface area (Å²) in [7, 11) is 2.16. The van der Waals surface area contributed by atoms with Crippen molar-refractivity contribution in [1.82, 2.24) is 9.47 Å². The predicted octanol–water partition coefficient (Wildman–Crippen LogP) is 3.30. The van der Waals surface area contributed by atoms with Crippen LogP contribution in [-0.2, 0) is 13.6 Å². The molecule has 0 bridgehead atoms. The third-order valence-electron chi connectivity index (χ3n) is 4.35. The Morgan fingerprint density at radius 1 is 1.16 bits per heavy atom. The molecule has 0 aliphatic carbocycles. The van der Waals surface area contributed by atoms with Gasteiger partial charge in [-0.05, 0) is 30.7 Å². The first-order valence-electron chi connectivity index (χ1n) is 7.12. The van der Waals surface area contributed by atoms with Crippen molar-refractivity contribution >= 4 is 0 Å². The maximum absolute atomic E-state index is 2.53. The van der Waals surface area contributed by atoms with Crippen LogP contribution in [0.5, 0.6) is 0 Å². The van der Waals surface area contributed by atoms with Crippen LogP contribution >= 0.6 is 0 Å². The summed E-state index contributed by atoms with van der Waals surface area (Å²) in [6.45, 7) is 7.73. The van der Waals surface area contributed by atoms with Crippen molar-refractivity contribution in [2.75, 3.05) is 13.1 Å². The number of fused-ring (bicyclic) bond motifs is 1. The van der Waals surface area contributed by atoms with Crippen molar-refractivity contribution in [2.45, 2.75) is 26.3 Å². The van der Waals surface area contributed by atoms with Crippen molar-refractivity contribution in [1.29, 1.82) is 0 Å². The largest absolute Gasteiger partial charge is 0.353 e. The highest BCUT2D eigenvalue weighted by Crippen LogP contribution is 2.33. The third kappa shape index (κ3) is 2.21. The molecule has 0 saturated heterocycles. The molecule has 0 amide bonds. The minimum absolute atomic E-state index is 0.519. The SMILES string of the molecule is CCN1Cc2c(ccn2C)C(c2ccc(C)cc2)C1. The number of nitrogens with zero attached hydrogens (tertiary/aromatic N) is 2. The molecule has 0 fully saturated rings. The van der Waals surface area contributed by atoms with E-state index in [1.165, 1.54) is 22.4 Å². The van der Waals surface area contributed by atoms with Gasteiger partial charge in [-0.2, -0.15) is 0 Å². The summed E-state index contributed by atoms with van der Waals surface area (Å²) in [6.07, 6.45) is 2.20. The molecule has 1 aliphatic heterocycles. The Bertz CT molecular complexity index is 565. The Hall–Kier alpha value is -1.54. The lowest BCUT2D eigenvalue weighted by Crippen LogP contribution is -2.34. The fraction of sp³-hybridized carbons (Fsp3) is 0.412. The zero-order chi connectivity index (χ0) is 13.4. The van der Waals surface area contributed by atoms with Gasteiger partial charge in [0, 0.05) is 37.9 Å². The van der Waals surface area contributed by atoms with Gasteiger partial charge in [-0.3, -0.25) is 4.90 Å². The Labute approximate surface area is 115 Å². The lowest BCUT2D eigenvalue weighted by molar-refractivity contribution is 0.247. The maximum atomic E-state index is 2.53. The Morgan fingerprint density at radius 2 is 1.89 bits per heavy atom. The minimum atomic E-state index is 0.519. The Morgan fingerprint density at radius 3 is 2.58 bits per heavy atom. The molecule has 2 heteroatoms. The number of likely N-dealkylation sites (N-methyl/N-ethyl adjacent to an activating group) is 1. The normalized spacial score (nSPS) is 19.4. The van der Waals surface area contributed by atoms with Crippen molar-refractivity contribution in [2.24, 2.45) is 7.05 Å². The van der Waals surface area contributed by atoms with E-state index in [9.17, 15) is 0 Å². The molecule has 1 aromatic heterocycles. The average molecular weight is 254 g/mol. The van der Waals surface area contributed by atoms with E-state index in [0.29, 0.717) is 5.92 Å². The molecule has 2 aromatic rings. The summed E-state index contributed by atoms with van der Waals surface area (Å²) in [6, 6.07) is 11.3. The molecule has 19 heavy (non-hydrogen) atoms. The van der Waals surface area contributed by atoms with Crippen LogP contribution in [0, 0.1) is 6.92 Å². The highest BCUT2D eigenvalue weighted by Gasteiger charge is 2.27. The van der Waals surface area contributed by atoms with Crippen LogP contribution in [0.4, 0.5) is 0 Å². The quantitative estimate of drug-likeness (QED) is 0.798. The highest BCUT2D eigenvalue weighted by atomic mass is 15.2. The Kier molecular flexibility index (Phi) is 3.19. The smallest absolute Gasteiger partial charge is 0.0390 e. The van der Waals surface area contributed by atoms with Crippen LogP contribution in [0.2, 0.25) is 0 Å². The van der Waals surface area contributed by atoms with Gasteiger partial charge in [0.2, 0.25) is 0 Å². The molecule has 1 unspecified atom stereocenters. The van der Waals surface area contributed by atoms with Gasteiger partial charge >= 0.3 is 0 Å². The second-order valence-corrected chi connectivity index (χ2v) is 5.62. The lowest BCUT2D eigenvalue weighted by Gasteiger charge is -2.33.